The lowest BCUT2D eigenvalue weighted by atomic mass is 9.80. The van der Waals surface area contributed by atoms with Crippen LogP contribution < -0.4 is 5.73 Å². The van der Waals surface area contributed by atoms with E-state index < -0.39 is 0 Å². The van der Waals surface area contributed by atoms with Crippen molar-refractivity contribution in [3.63, 3.8) is 0 Å². The van der Waals surface area contributed by atoms with Crippen LogP contribution in [0.1, 0.15) is 92.3 Å². The van der Waals surface area contributed by atoms with Gasteiger partial charge in [0.05, 0.1) is 5.69 Å². The van der Waals surface area contributed by atoms with Gasteiger partial charge >= 0.3 is 0 Å². The van der Waals surface area contributed by atoms with Crippen LogP contribution in [0, 0.1) is 5.92 Å². The molecule has 3 nitrogen and oxygen atoms in total. The summed E-state index contributed by atoms with van der Waals surface area (Å²) in [6.45, 7) is 2.12. The minimum atomic E-state index is 0.380. The van der Waals surface area contributed by atoms with E-state index >= 15 is 0 Å². The first-order valence-electron chi connectivity index (χ1n) is 11.9. The van der Waals surface area contributed by atoms with Crippen molar-refractivity contribution in [2.24, 2.45) is 11.7 Å². The van der Waals surface area contributed by atoms with Crippen LogP contribution >= 0.6 is 0 Å². The van der Waals surface area contributed by atoms with Gasteiger partial charge in [0, 0.05) is 30.4 Å². The van der Waals surface area contributed by atoms with Crippen molar-refractivity contribution < 1.29 is 4.79 Å². The molecule has 162 valence electrons. The van der Waals surface area contributed by atoms with Gasteiger partial charge in [0.15, 0.2) is 0 Å². The molecule has 4 rings (SSSR count). The Kier molecular flexibility index (Phi) is 7.01. The Bertz CT molecular complexity index is 967. The lowest BCUT2D eigenvalue weighted by molar-refractivity contribution is -0.125. The number of carbonyl (C=O) groups excluding carboxylic acids is 1. The number of allylic oxidation sites excluding steroid dienone is 2. The van der Waals surface area contributed by atoms with Gasteiger partial charge in [0.1, 0.15) is 5.78 Å². The molecular formula is C28H34N2O. The molecule has 0 radical (unpaired) electrons. The largest absolute Gasteiger partial charge is 0.404 e. The molecule has 1 fully saturated rings. The average Bonchev–Trinajstić information content (AvgIpc) is 3.14. The van der Waals surface area contributed by atoms with Crippen LogP contribution in [0.2, 0.25) is 0 Å². The van der Waals surface area contributed by atoms with E-state index in [0.29, 0.717) is 17.6 Å². The Hall–Kier alpha value is -2.68. The van der Waals surface area contributed by atoms with Crippen molar-refractivity contribution in [1.29, 1.82) is 0 Å². The van der Waals surface area contributed by atoms with Crippen molar-refractivity contribution >= 4 is 17.4 Å². The molecule has 2 aliphatic rings. The first kappa shape index (κ1) is 21.5. The third-order valence-corrected chi connectivity index (χ3v) is 6.92. The van der Waals surface area contributed by atoms with Gasteiger partial charge in [-0.05, 0) is 66.6 Å². The maximum Gasteiger partial charge on any atom is 0.135 e. The summed E-state index contributed by atoms with van der Waals surface area (Å²) in [5, 5.41) is 0. The third-order valence-electron chi connectivity index (χ3n) is 6.92. The minimum absolute atomic E-state index is 0.380. The second kappa shape index (κ2) is 10.1. The topological polar surface area (TPSA) is 56.0 Å². The van der Waals surface area contributed by atoms with Crippen LogP contribution in [0.3, 0.4) is 0 Å². The van der Waals surface area contributed by atoms with E-state index in [4.69, 9.17) is 10.7 Å². The van der Waals surface area contributed by atoms with E-state index in [0.717, 1.165) is 57.1 Å². The lowest BCUT2D eigenvalue weighted by Gasteiger charge is -2.23. The number of pyridine rings is 1. The number of aromatic nitrogens is 1. The predicted octanol–water partition coefficient (Wildman–Crippen LogP) is 6.42. The average molecular weight is 415 g/mol. The van der Waals surface area contributed by atoms with Crippen molar-refractivity contribution in [3.8, 4) is 0 Å². The fourth-order valence-electron chi connectivity index (χ4n) is 4.67. The maximum absolute atomic E-state index is 12.1. The van der Waals surface area contributed by atoms with Gasteiger partial charge in [0.25, 0.3) is 0 Å². The molecular weight excluding hydrogens is 380 g/mol. The Morgan fingerprint density at radius 2 is 1.94 bits per heavy atom. The Morgan fingerprint density at radius 1 is 1.13 bits per heavy atom. The molecule has 1 unspecified atom stereocenters. The number of nitrogens with two attached hydrogens (primary N) is 1. The van der Waals surface area contributed by atoms with Gasteiger partial charge in [0.2, 0.25) is 0 Å². The van der Waals surface area contributed by atoms with Gasteiger partial charge in [-0.1, -0.05) is 62.2 Å². The van der Waals surface area contributed by atoms with E-state index in [1.165, 1.54) is 34.4 Å². The van der Waals surface area contributed by atoms with Crippen LogP contribution in [0.25, 0.3) is 11.6 Å². The monoisotopic (exact) mass is 414 g/mol. The van der Waals surface area contributed by atoms with Crippen LogP contribution in [0.15, 0.2) is 48.7 Å². The number of ketones is 1. The summed E-state index contributed by atoms with van der Waals surface area (Å²) in [6, 6.07) is 13.0. The quantitative estimate of drug-likeness (QED) is 0.456. The highest BCUT2D eigenvalue weighted by molar-refractivity contribution is 5.81. The second-order valence-electron chi connectivity index (χ2n) is 9.00. The van der Waals surface area contributed by atoms with E-state index in [9.17, 15) is 4.79 Å². The Morgan fingerprint density at radius 3 is 2.61 bits per heavy atom. The smallest absolute Gasteiger partial charge is 0.135 e. The van der Waals surface area contributed by atoms with Crippen molar-refractivity contribution in [2.45, 2.75) is 70.6 Å². The van der Waals surface area contributed by atoms with E-state index in [-0.39, 0.29) is 0 Å². The molecule has 0 spiro atoms. The molecule has 0 bridgehead atoms. The number of rotatable bonds is 10. The summed E-state index contributed by atoms with van der Waals surface area (Å²) in [4.78, 5) is 17.1. The maximum atomic E-state index is 12.1. The molecule has 1 aromatic carbocycles. The van der Waals surface area contributed by atoms with Gasteiger partial charge < -0.3 is 5.73 Å². The number of unbranched alkanes of at least 4 members (excludes halogenated alkanes) is 1. The summed E-state index contributed by atoms with van der Waals surface area (Å²) in [7, 11) is 0. The summed E-state index contributed by atoms with van der Waals surface area (Å²) >= 11 is 0. The summed E-state index contributed by atoms with van der Waals surface area (Å²) < 4.78 is 0. The van der Waals surface area contributed by atoms with Gasteiger partial charge in [-0.25, -0.2) is 0 Å². The van der Waals surface area contributed by atoms with Crippen LogP contribution in [0.5, 0.6) is 0 Å². The van der Waals surface area contributed by atoms with Crippen LogP contribution in [-0.4, -0.2) is 10.8 Å². The van der Waals surface area contributed by atoms with Crippen molar-refractivity contribution in [3.05, 3.63) is 76.8 Å². The SMILES string of the molecule is CC/C(=C\N)c1ccc(Cc2ccc3c(n2)C(CCCCC(=O)C2CCC2)C=C3)cc1. The third kappa shape index (κ3) is 5.15. The highest BCUT2D eigenvalue weighted by Crippen LogP contribution is 2.34. The second-order valence-corrected chi connectivity index (χ2v) is 9.00. The highest BCUT2D eigenvalue weighted by Gasteiger charge is 2.24. The molecule has 0 amide bonds. The first-order valence-corrected chi connectivity index (χ1v) is 11.9. The number of carbonyl (C=O) groups is 1. The van der Waals surface area contributed by atoms with Crippen LogP contribution in [-0.2, 0) is 11.2 Å². The lowest BCUT2D eigenvalue weighted by Crippen LogP contribution is -2.21. The van der Waals surface area contributed by atoms with Crippen LogP contribution in [0.4, 0.5) is 0 Å². The van der Waals surface area contributed by atoms with Gasteiger partial charge in [-0.15, -0.1) is 0 Å². The molecule has 0 aliphatic heterocycles. The number of Topliss-reactive ketones (excluding diaryl/α,β-unsaturated/α-hetero) is 1. The van der Waals surface area contributed by atoms with Gasteiger partial charge in [-0.2, -0.15) is 0 Å². The van der Waals surface area contributed by atoms with E-state index in [1.54, 1.807) is 6.20 Å². The molecule has 1 atom stereocenters. The summed E-state index contributed by atoms with van der Waals surface area (Å²) in [5.74, 6) is 1.26. The summed E-state index contributed by atoms with van der Waals surface area (Å²) in [5.41, 5.74) is 12.9. The molecule has 2 aromatic rings. The predicted molar refractivity (Wildman–Crippen MR) is 129 cm³/mol. The fourth-order valence-corrected chi connectivity index (χ4v) is 4.67. The zero-order chi connectivity index (χ0) is 21.6. The Labute approximate surface area is 186 Å². The van der Waals surface area contributed by atoms with Crippen molar-refractivity contribution in [1.82, 2.24) is 4.98 Å². The van der Waals surface area contributed by atoms with E-state index in [2.05, 4.69) is 55.5 Å². The number of fused-ring (bicyclic) bond motifs is 1. The number of nitrogens with zero attached hydrogens (tertiary/aromatic N) is 1. The van der Waals surface area contributed by atoms with Crippen molar-refractivity contribution in [2.75, 3.05) is 0 Å². The normalized spacial score (nSPS) is 18.1. The standard InChI is InChI=1S/C28H34N2O/c1-2-21(19-29)22-12-10-20(11-13-22)18-26-17-16-25-15-14-24(28(25)30-26)6-3-4-9-27(31)23-7-5-8-23/h10-17,19,23-24H,2-9,18,29H2,1H3/b21-19+. The zero-order valence-corrected chi connectivity index (χ0v) is 18.6. The molecule has 1 heterocycles. The minimum Gasteiger partial charge on any atom is -0.404 e. The molecule has 2 aliphatic carbocycles. The Balaban J connectivity index is 1.33. The molecule has 0 saturated heterocycles. The molecule has 31 heavy (non-hydrogen) atoms. The van der Waals surface area contributed by atoms with E-state index in [1.807, 2.05) is 0 Å². The molecule has 2 N–H and O–H groups in total. The number of hydrogen-bond donors (Lipinski definition) is 1. The molecule has 3 heteroatoms. The zero-order valence-electron chi connectivity index (χ0n) is 18.6. The number of hydrogen-bond acceptors (Lipinski definition) is 3. The fraction of sp³-hybridized carbons (Fsp3) is 0.429. The molecule has 1 saturated carbocycles. The first-order chi connectivity index (χ1) is 15.2. The summed E-state index contributed by atoms with van der Waals surface area (Å²) in [6.07, 6.45) is 15.4. The highest BCUT2D eigenvalue weighted by atomic mass is 16.1. The molecule has 1 aromatic heterocycles. The number of benzene rings is 1. The van der Waals surface area contributed by atoms with Gasteiger partial charge in [-0.3, -0.25) is 9.78 Å².